The molecule has 0 aromatic heterocycles. The van der Waals surface area contributed by atoms with Crippen LogP contribution in [0, 0.1) is 10.1 Å². The normalized spacial score (nSPS) is 16.8. The molecule has 1 aliphatic heterocycles. The maximum absolute atomic E-state index is 12.6. The molecule has 142 valence electrons. The maximum atomic E-state index is 12.6. The van der Waals surface area contributed by atoms with E-state index in [1.165, 1.54) is 12.1 Å². The maximum Gasteiger partial charge on any atom is 0.269 e. The number of non-ortho nitro benzene ring substituents is 1. The lowest BCUT2D eigenvalue weighted by Gasteiger charge is -2.30. The molecule has 1 N–H and O–H groups in total. The molecule has 0 saturated carbocycles. The summed E-state index contributed by atoms with van der Waals surface area (Å²) in [6, 6.07) is 15.7. The van der Waals surface area contributed by atoms with Gasteiger partial charge < -0.3 is 10.0 Å². The van der Waals surface area contributed by atoms with E-state index in [0.29, 0.717) is 32.6 Å². The van der Waals surface area contributed by atoms with Crippen LogP contribution < -0.4 is 0 Å². The highest BCUT2D eigenvalue weighted by Gasteiger charge is 2.27. The number of benzene rings is 2. The molecule has 0 aliphatic carbocycles. The van der Waals surface area contributed by atoms with Crippen molar-refractivity contribution in [2.24, 2.45) is 0 Å². The van der Waals surface area contributed by atoms with Gasteiger partial charge in [0.05, 0.1) is 17.6 Å². The van der Waals surface area contributed by atoms with Gasteiger partial charge in [0.1, 0.15) is 0 Å². The Kier molecular flexibility index (Phi) is 6.16. The van der Waals surface area contributed by atoms with Crippen LogP contribution in [-0.2, 0) is 11.3 Å². The molecule has 1 heterocycles. The third-order valence-corrected chi connectivity index (χ3v) is 4.91. The van der Waals surface area contributed by atoms with E-state index in [1.807, 2.05) is 30.3 Å². The lowest BCUT2D eigenvalue weighted by atomic mass is 10.1. The van der Waals surface area contributed by atoms with Crippen LogP contribution in [0.5, 0.6) is 0 Å². The van der Waals surface area contributed by atoms with Crippen molar-refractivity contribution in [3.05, 3.63) is 75.8 Å². The fourth-order valence-electron chi connectivity index (χ4n) is 3.41. The molecule has 0 radical (unpaired) electrons. The van der Waals surface area contributed by atoms with E-state index in [-0.39, 0.29) is 24.2 Å². The first-order chi connectivity index (χ1) is 13.1. The molecule has 7 heteroatoms. The van der Waals surface area contributed by atoms with Gasteiger partial charge >= 0.3 is 0 Å². The Labute approximate surface area is 158 Å². The largest absolute Gasteiger partial charge is 0.394 e. The zero-order valence-corrected chi connectivity index (χ0v) is 15.0. The van der Waals surface area contributed by atoms with Crippen molar-refractivity contribution in [1.29, 1.82) is 0 Å². The highest BCUT2D eigenvalue weighted by atomic mass is 16.6. The van der Waals surface area contributed by atoms with Gasteiger partial charge in [-0.3, -0.25) is 19.8 Å². The number of carbonyl (C=O) groups is 1. The average Bonchev–Trinajstić information content (AvgIpc) is 2.86. The van der Waals surface area contributed by atoms with Gasteiger partial charge in [0, 0.05) is 44.7 Å². The minimum Gasteiger partial charge on any atom is -0.394 e. The fraction of sp³-hybridized carbons (Fsp3) is 0.350. The number of nitro groups is 1. The molecule has 1 fully saturated rings. The van der Waals surface area contributed by atoms with Gasteiger partial charge in [-0.05, 0) is 11.1 Å². The Hall–Kier alpha value is -2.77. The van der Waals surface area contributed by atoms with E-state index in [2.05, 4.69) is 4.90 Å². The van der Waals surface area contributed by atoms with Gasteiger partial charge in [-0.2, -0.15) is 0 Å². The van der Waals surface area contributed by atoms with Gasteiger partial charge in [-0.25, -0.2) is 0 Å². The van der Waals surface area contributed by atoms with Gasteiger partial charge in [-0.15, -0.1) is 0 Å². The van der Waals surface area contributed by atoms with Gasteiger partial charge in [0.15, 0.2) is 0 Å². The number of hydrogen-bond acceptors (Lipinski definition) is 5. The summed E-state index contributed by atoms with van der Waals surface area (Å²) in [5.74, 6) is 0.0316. The van der Waals surface area contributed by atoms with Crippen molar-refractivity contribution >= 4 is 11.6 Å². The Bertz CT molecular complexity index is 780. The molecule has 7 nitrogen and oxygen atoms in total. The molecule has 2 aromatic rings. The molecule has 2 aromatic carbocycles. The second-order valence-electron chi connectivity index (χ2n) is 6.65. The summed E-state index contributed by atoms with van der Waals surface area (Å²) >= 11 is 0. The smallest absolute Gasteiger partial charge is 0.269 e. The quantitative estimate of drug-likeness (QED) is 0.624. The van der Waals surface area contributed by atoms with Gasteiger partial charge in [0.25, 0.3) is 5.69 Å². The van der Waals surface area contributed by atoms with Crippen LogP contribution in [0.15, 0.2) is 54.6 Å². The number of rotatable bonds is 6. The number of nitro benzene ring substituents is 1. The first kappa shape index (κ1) is 19.0. The summed E-state index contributed by atoms with van der Waals surface area (Å²) < 4.78 is 0. The van der Waals surface area contributed by atoms with Crippen LogP contribution in [0.2, 0.25) is 0 Å². The predicted octanol–water partition coefficient (Wildman–Crippen LogP) is 2.36. The minimum atomic E-state index is -0.412. The Balaban J connectivity index is 1.66. The standard InChI is InChI=1S/C20H23N3O4/c24-15-19(17-4-2-1-3-5-17)22-13-12-21(11-10-20(22)25)14-16-6-8-18(9-7-16)23(26)27/h1-9,19,24H,10-15H2/t19-/m1/s1. The summed E-state index contributed by atoms with van der Waals surface area (Å²) in [6.45, 7) is 2.36. The molecule has 0 spiro atoms. The topological polar surface area (TPSA) is 86.9 Å². The number of carbonyl (C=O) groups excluding carboxylic acids is 1. The van der Waals surface area contributed by atoms with Crippen LogP contribution in [0.4, 0.5) is 5.69 Å². The number of amides is 1. The van der Waals surface area contributed by atoms with Gasteiger partial charge in [0.2, 0.25) is 5.91 Å². The first-order valence-corrected chi connectivity index (χ1v) is 8.99. The van der Waals surface area contributed by atoms with E-state index < -0.39 is 4.92 Å². The number of aliphatic hydroxyl groups is 1. The zero-order chi connectivity index (χ0) is 19.2. The highest BCUT2D eigenvalue weighted by Crippen LogP contribution is 2.23. The van der Waals surface area contributed by atoms with E-state index >= 15 is 0 Å². The van der Waals surface area contributed by atoms with Crippen LogP contribution in [-0.4, -0.2) is 52.0 Å². The molecule has 0 bridgehead atoms. The lowest BCUT2D eigenvalue weighted by Crippen LogP contribution is -2.38. The van der Waals surface area contributed by atoms with Gasteiger partial charge in [-0.1, -0.05) is 42.5 Å². The van der Waals surface area contributed by atoms with E-state index in [0.717, 1.165) is 11.1 Å². The average molecular weight is 369 g/mol. The second kappa shape index (κ2) is 8.75. The summed E-state index contributed by atoms with van der Waals surface area (Å²) in [4.78, 5) is 26.9. The van der Waals surface area contributed by atoms with Crippen molar-refractivity contribution in [3.8, 4) is 0 Å². The minimum absolute atomic E-state index is 0.0316. The number of aliphatic hydroxyl groups excluding tert-OH is 1. The number of nitrogens with zero attached hydrogens (tertiary/aromatic N) is 3. The number of hydrogen-bond donors (Lipinski definition) is 1. The molecular weight excluding hydrogens is 346 g/mol. The molecule has 1 atom stereocenters. The summed E-state index contributed by atoms with van der Waals surface area (Å²) in [7, 11) is 0. The van der Waals surface area contributed by atoms with Crippen LogP contribution in [0.3, 0.4) is 0 Å². The van der Waals surface area contributed by atoms with Crippen molar-refractivity contribution < 1.29 is 14.8 Å². The van der Waals surface area contributed by atoms with Crippen LogP contribution in [0.1, 0.15) is 23.6 Å². The van der Waals surface area contributed by atoms with E-state index in [1.54, 1.807) is 17.0 Å². The molecule has 1 saturated heterocycles. The lowest BCUT2D eigenvalue weighted by molar-refractivity contribution is -0.384. The Morgan fingerprint density at radius 2 is 1.74 bits per heavy atom. The molecule has 3 rings (SSSR count). The monoisotopic (exact) mass is 369 g/mol. The van der Waals surface area contributed by atoms with Crippen molar-refractivity contribution in [2.45, 2.75) is 19.0 Å². The first-order valence-electron chi connectivity index (χ1n) is 8.99. The molecular formula is C20H23N3O4. The van der Waals surface area contributed by atoms with Crippen molar-refractivity contribution in [2.75, 3.05) is 26.2 Å². The highest BCUT2D eigenvalue weighted by molar-refractivity contribution is 5.77. The van der Waals surface area contributed by atoms with E-state index in [4.69, 9.17) is 0 Å². The third kappa shape index (κ3) is 4.69. The molecule has 0 unspecified atom stereocenters. The third-order valence-electron chi connectivity index (χ3n) is 4.91. The predicted molar refractivity (Wildman–Crippen MR) is 101 cm³/mol. The SMILES string of the molecule is O=C1CCN(Cc2ccc([N+](=O)[O-])cc2)CCN1[C@H](CO)c1ccccc1. The van der Waals surface area contributed by atoms with Crippen LogP contribution in [0.25, 0.3) is 0 Å². The van der Waals surface area contributed by atoms with Crippen molar-refractivity contribution in [3.63, 3.8) is 0 Å². The summed E-state index contributed by atoms with van der Waals surface area (Å²) in [5.41, 5.74) is 1.98. The van der Waals surface area contributed by atoms with E-state index in [9.17, 15) is 20.0 Å². The summed E-state index contributed by atoms with van der Waals surface area (Å²) in [6.07, 6.45) is 0.385. The molecule has 27 heavy (non-hydrogen) atoms. The van der Waals surface area contributed by atoms with Crippen LogP contribution >= 0.6 is 0 Å². The zero-order valence-electron chi connectivity index (χ0n) is 15.0. The summed E-state index contributed by atoms with van der Waals surface area (Å²) in [5, 5.41) is 20.6. The fourth-order valence-corrected chi connectivity index (χ4v) is 3.41. The Morgan fingerprint density at radius 3 is 2.37 bits per heavy atom. The Morgan fingerprint density at radius 1 is 1.04 bits per heavy atom. The molecule has 1 aliphatic rings. The molecule has 1 amide bonds. The second-order valence-corrected chi connectivity index (χ2v) is 6.65. The van der Waals surface area contributed by atoms with Crippen molar-refractivity contribution in [1.82, 2.24) is 9.80 Å².